The van der Waals surface area contributed by atoms with E-state index >= 15 is 0 Å². The number of rotatable bonds is 7. The molecule has 0 spiro atoms. The zero-order valence-corrected chi connectivity index (χ0v) is 19.4. The van der Waals surface area contributed by atoms with E-state index in [9.17, 15) is 20.1 Å². The molecule has 0 radical (unpaired) electrons. The van der Waals surface area contributed by atoms with Crippen LogP contribution in [0.25, 0.3) is 11.3 Å². The minimum absolute atomic E-state index is 0.0260. The molecule has 0 aliphatic rings. The minimum atomic E-state index is -0.797. The molecule has 2 aromatic heterocycles. The Morgan fingerprint density at radius 1 is 1.29 bits per heavy atom. The standard InChI is InChI=1S/C21H19N7O5S/c1-10(19(29)25-14-6-5-11(31-3)7-15(14)32-4)34-20-13(9-23)16(12(8-22)18(24)26-20)17-21(30)33-27-28(17)2/h5-7,10H,1-4H3,(H3-,24,25,26,27,29,30)/p+1. The number of aromatic amines is 1. The lowest BCUT2D eigenvalue weighted by Gasteiger charge is -2.16. The van der Waals surface area contributed by atoms with Crippen LogP contribution >= 0.6 is 11.8 Å². The summed E-state index contributed by atoms with van der Waals surface area (Å²) in [5, 5.41) is 23.9. The molecule has 34 heavy (non-hydrogen) atoms. The summed E-state index contributed by atoms with van der Waals surface area (Å²) in [5.74, 6) is 0.361. The van der Waals surface area contributed by atoms with Crippen molar-refractivity contribution in [1.29, 1.82) is 10.5 Å². The molecule has 1 aromatic carbocycles. The number of nitrogens with two attached hydrogens (primary N) is 1. The van der Waals surface area contributed by atoms with Crippen molar-refractivity contribution in [2.45, 2.75) is 17.2 Å². The molecule has 12 nitrogen and oxygen atoms in total. The number of nitrogens with one attached hydrogen (secondary N) is 2. The highest BCUT2D eigenvalue weighted by Gasteiger charge is 2.32. The molecule has 0 saturated carbocycles. The van der Waals surface area contributed by atoms with Gasteiger partial charge in [-0.15, -0.1) is 0 Å². The van der Waals surface area contributed by atoms with Crippen molar-refractivity contribution in [3.63, 3.8) is 0 Å². The Kier molecular flexibility index (Phi) is 7.09. The van der Waals surface area contributed by atoms with Gasteiger partial charge in [-0.2, -0.15) is 10.5 Å². The van der Waals surface area contributed by atoms with Crippen LogP contribution in [0, 0.1) is 22.7 Å². The number of methoxy groups -OCH3 is 2. The number of hydrogen-bond donors (Lipinski definition) is 3. The smallest absolute Gasteiger partial charge is 0.435 e. The molecule has 0 aliphatic carbocycles. The summed E-state index contributed by atoms with van der Waals surface area (Å²) in [6.45, 7) is 1.61. The third-order valence-corrected chi connectivity index (χ3v) is 5.87. The summed E-state index contributed by atoms with van der Waals surface area (Å²) >= 11 is 0.947. The Morgan fingerprint density at radius 3 is 2.56 bits per heavy atom. The number of carbonyl (C=O) groups is 1. The molecule has 1 amide bonds. The Morgan fingerprint density at radius 2 is 2.00 bits per heavy atom. The van der Waals surface area contributed by atoms with Crippen LogP contribution in [-0.4, -0.2) is 35.6 Å². The number of anilines is 2. The van der Waals surface area contributed by atoms with Crippen LogP contribution < -0.4 is 30.8 Å². The van der Waals surface area contributed by atoms with Crippen molar-refractivity contribution in [3.8, 4) is 34.9 Å². The fourth-order valence-corrected chi connectivity index (χ4v) is 4.01. The number of thioether (sulfide) groups is 1. The van der Waals surface area contributed by atoms with Gasteiger partial charge in [0.2, 0.25) is 5.91 Å². The Bertz CT molecular complexity index is 1400. The lowest BCUT2D eigenvalue weighted by atomic mass is 10.0. The quantitative estimate of drug-likeness (QED) is 0.328. The molecule has 0 bridgehead atoms. The Labute approximate surface area is 197 Å². The number of hydrogen-bond acceptors (Lipinski definition) is 10. The van der Waals surface area contributed by atoms with Gasteiger partial charge in [0.05, 0.1) is 30.7 Å². The molecule has 0 fully saturated rings. The van der Waals surface area contributed by atoms with Crippen LogP contribution in [-0.2, 0) is 11.8 Å². The first-order valence-corrected chi connectivity index (χ1v) is 10.5. The first kappa shape index (κ1) is 24.2. The number of nitrogen functional groups attached to an aromatic ring is 1. The number of carbonyl (C=O) groups excluding carboxylic acids is 1. The second-order valence-corrected chi connectivity index (χ2v) is 8.18. The van der Waals surface area contributed by atoms with E-state index in [4.69, 9.17) is 19.7 Å². The van der Waals surface area contributed by atoms with E-state index in [1.54, 1.807) is 25.1 Å². The van der Waals surface area contributed by atoms with Gasteiger partial charge in [-0.25, -0.2) is 9.78 Å². The molecule has 3 aromatic rings. The predicted molar refractivity (Wildman–Crippen MR) is 121 cm³/mol. The van der Waals surface area contributed by atoms with Crippen molar-refractivity contribution in [2.75, 3.05) is 25.3 Å². The number of H-pyrrole nitrogens is 1. The normalized spacial score (nSPS) is 11.2. The number of nitrogens with zero attached hydrogens (tertiary/aromatic N) is 4. The van der Waals surface area contributed by atoms with Gasteiger partial charge in [-0.3, -0.25) is 9.32 Å². The number of aromatic nitrogens is 3. The molecular formula is C21H20N7O5S+. The molecule has 0 saturated heterocycles. The van der Waals surface area contributed by atoms with Gasteiger partial charge < -0.3 is 20.5 Å². The minimum Gasteiger partial charge on any atom is -0.497 e. The van der Waals surface area contributed by atoms with E-state index in [1.165, 1.54) is 25.9 Å². The fraction of sp³-hybridized carbons (Fsp3) is 0.238. The van der Waals surface area contributed by atoms with Gasteiger partial charge in [0, 0.05) is 6.07 Å². The second-order valence-electron chi connectivity index (χ2n) is 6.85. The zero-order valence-electron chi connectivity index (χ0n) is 18.6. The maximum absolute atomic E-state index is 12.9. The van der Waals surface area contributed by atoms with Crippen molar-refractivity contribution in [2.24, 2.45) is 7.05 Å². The molecule has 1 unspecified atom stereocenters. The first-order chi connectivity index (χ1) is 16.2. The third-order valence-electron chi connectivity index (χ3n) is 4.78. The van der Waals surface area contributed by atoms with E-state index in [0.717, 1.165) is 11.8 Å². The van der Waals surface area contributed by atoms with Crippen LogP contribution in [0.3, 0.4) is 0 Å². The van der Waals surface area contributed by atoms with Gasteiger partial charge in [0.1, 0.15) is 45.6 Å². The number of ether oxygens (including phenoxy) is 2. The summed E-state index contributed by atoms with van der Waals surface area (Å²) in [6, 6.07) is 8.78. The summed E-state index contributed by atoms with van der Waals surface area (Å²) in [7, 11) is 4.45. The predicted octanol–water partition coefficient (Wildman–Crippen LogP) is 1.32. The number of amides is 1. The van der Waals surface area contributed by atoms with E-state index in [1.807, 2.05) is 12.1 Å². The SMILES string of the molecule is COc1ccc(NC(=O)C(C)Sc2nc(N)c(C#N)c(-c3c(=O)o[nH][n+]3C)c2C#N)c(OC)c1. The lowest BCUT2D eigenvalue weighted by molar-refractivity contribution is -0.730. The number of pyridine rings is 1. The van der Waals surface area contributed by atoms with E-state index in [2.05, 4.69) is 15.6 Å². The van der Waals surface area contributed by atoms with Crippen LogP contribution in [0.15, 0.2) is 32.5 Å². The van der Waals surface area contributed by atoms with Gasteiger partial charge in [-0.1, -0.05) is 16.4 Å². The molecule has 2 heterocycles. The average molecular weight is 483 g/mol. The summed E-state index contributed by atoms with van der Waals surface area (Å²) in [5.41, 5.74) is 5.25. The fourth-order valence-electron chi connectivity index (χ4n) is 3.09. The van der Waals surface area contributed by atoms with Crippen LogP contribution in [0.4, 0.5) is 11.5 Å². The molecule has 1 atom stereocenters. The zero-order chi connectivity index (χ0) is 25.0. The second kappa shape index (κ2) is 9.97. The van der Waals surface area contributed by atoms with Gasteiger partial charge in [0.15, 0.2) is 7.05 Å². The first-order valence-electron chi connectivity index (χ1n) is 9.66. The van der Waals surface area contributed by atoms with E-state index < -0.39 is 16.8 Å². The number of benzene rings is 1. The average Bonchev–Trinajstić information content (AvgIpc) is 3.16. The molecule has 4 N–H and O–H groups in total. The van der Waals surface area contributed by atoms with Gasteiger partial charge in [0.25, 0.3) is 0 Å². The maximum atomic E-state index is 12.9. The summed E-state index contributed by atoms with van der Waals surface area (Å²) in [6.07, 6.45) is 0. The Hall–Kier alpha value is -4.49. The van der Waals surface area contributed by atoms with Gasteiger partial charge in [-0.05, 0) is 24.3 Å². The lowest BCUT2D eigenvalue weighted by Crippen LogP contribution is -2.34. The molecule has 3 rings (SSSR count). The van der Waals surface area contributed by atoms with Crippen molar-refractivity contribution in [1.82, 2.24) is 10.3 Å². The van der Waals surface area contributed by atoms with Crippen LogP contribution in [0.5, 0.6) is 11.5 Å². The van der Waals surface area contributed by atoms with Crippen LogP contribution in [0.2, 0.25) is 0 Å². The van der Waals surface area contributed by atoms with Crippen molar-refractivity contribution < 1.29 is 23.5 Å². The monoisotopic (exact) mass is 482 g/mol. The summed E-state index contributed by atoms with van der Waals surface area (Å²) in [4.78, 5) is 29.3. The van der Waals surface area contributed by atoms with Crippen molar-refractivity contribution in [3.05, 3.63) is 39.7 Å². The van der Waals surface area contributed by atoms with Gasteiger partial charge >= 0.3 is 11.3 Å². The van der Waals surface area contributed by atoms with E-state index in [-0.39, 0.29) is 33.2 Å². The molecule has 13 heteroatoms. The highest BCUT2D eigenvalue weighted by Crippen LogP contribution is 2.35. The topological polar surface area (TPSA) is 184 Å². The molecular weight excluding hydrogens is 462 g/mol. The maximum Gasteiger partial charge on any atom is 0.435 e. The third kappa shape index (κ3) is 4.51. The summed E-state index contributed by atoms with van der Waals surface area (Å²) < 4.78 is 16.4. The highest BCUT2D eigenvalue weighted by atomic mass is 32.2. The number of nitriles is 2. The Balaban J connectivity index is 1.99. The molecule has 174 valence electrons. The molecule has 0 aliphatic heterocycles. The largest absolute Gasteiger partial charge is 0.497 e. The highest BCUT2D eigenvalue weighted by molar-refractivity contribution is 8.00. The number of aryl methyl sites for hydroxylation is 1. The van der Waals surface area contributed by atoms with E-state index in [0.29, 0.717) is 17.2 Å². The van der Waals surface area contributed by atoms with Crippen LogP contribution in [0.1, 0.15) is 18.1 Å². The van der Waals surface area contributed by atoms with Crippen molar-refractivity contribution >= 4 is 29.2 Å².